The molecule has 2 heterocycles. The number of rotatable bonds is 5. The molecule has 1 atom stereocenters. The lowest BCUT2D eigenvalue weighted by Crippen LogP contribution is -2.32. The van der Waals surface area contributed by atoms with Crippen molar-refractivity contribution in [1.82, 2.24) is 19.9 Å². The minimum atomic E-state index is -0.118. The normalized spacial score (nSPS) is 12.4. The Labute approximate surface area is 112 Å². The van der Waals surface area contributed by atoms with Gasteiger partial charge in [-0.2, -0.15) is 0 Å². The molecular formula is C14H18N4O. The molecule has 0 bridgehead atoms. The molecule has 0 aliphatic heterocycles. The summed E-state index contributed by atoms with van der Waals surface area (Å²) in [5.74, 6) is 0.356. The van der Waals surface area contributed by atoms with Crippen molar-refractivity contribution < 1.29 is 4.79 Å². The van der Waals surface area contributed by atoms with Crippen molar-refractivity contribution in [2.24, 2.45) is 5.92 Å². The highest BCUT2D eigenvalue weighted by Gasteiger charge is 2.16. The summed E-state index contributed by atoms with van der Waals surface area (Å²) in [7, 11) is 0. The first kappa shape index (κ1) is 13.3. The molecule has 0 aliphatic carbocycles. The lowest BCUT2D eigenvalue weighted by molar-refractivity contribution is 0.0911. The van der Waals surface area contributed by atoms with Gasteiger partial charge in [-0.3, -0.25) is 9.78 Å². The molecule has 19 heavy (non-hydrogen) atoms. The van der Waals surface area contributed by atoms with E-state index in [2.05, 4.69) is 29.1 Å². The Bertz CT molecular complexity index is 508. The van der Waals surface area contributed by atoms with Gasteiger partial charge >= 0.3 is 0 Å². The minimum Gasteiger partial charge on any atom is -0.331 e. The fourth-order valence-electron chi connectivity index (χ4n) is 1.89. The van der Waals surface area contributed by atoms with Gasteiger partial charge in [0.15, 0.2) is 0 Å². The lowest BCUT2D eigenvalue weighted by Gasteiger charge is -2.21. The van der Waals surface area contributed by atoms with Crippen LogP contribution < -0.4 is 5.32 Å². The zero-order chi connectivity index (χ0) is 13.7. The highest BCUT2D eigenvalue weighted by atomic mass is 16.1. The van der Waals surface area contributed by atoms with Crippen LogP contribution in [0, 0.1) is 5.92 Å². The van der Waals surface area contributed by atoms with Crippen LogP contribution in [0.5, 0.6) is 0 Å². The summed E-state index contributed by atoms with van der Waals surface area (Å²) in [6, 6.07) is 3.51. The van der Waals surface area contributed by atoms with E-state index >= 15 is 0 Å². The topological polar surface area (TPSA) is 59.8 Å². The van der Waals surface area contributed by atoms with Crippen molar-refractivity contribution in [2.75, 3.05) is 0 Å². The van der Waals surface area contributed by atoms with E-state index in [4.69, 9.17) is 0 Å². The van der Waals surface area contributed by atoms with Crippen molar-refractivity contribution in [3.8, 4) is 0 Å². The number of nitrogens with zero attached hydrogens (tertiary/aromatic N) is 3. The number of amides is 1. The van der Waals surface area contributed by atoms with E-state index in [1.807, 2.05) is 10.8 Å². The molecule has 2 rings (SSSR count). The summed E-state index contributed by atoms with van der Waals surface area (Å²) in [6.45, 7) is 4.25. The predicted molar refractivity (Wildman–Crippen MR) is 72.4 cm³/mol. The molecule has 5 heteroatoms. The standard InChI is InChI=1S/C14H18N4O/c1-11(2)8-13(18-7-6-16-10-18)17-14(19)12-4-3-5-15-9-12/h3-7,9-11,13H,8H2,1-2H3,(H,17,19). The second-order valence-electron chi connectivity index (χ2n) is 4.87. The maximum atomic E-state index is 12.1. The number of pyridine rings is 1. The van der Waals surface area contributed by atoms with Gasteiger partial charge in [-0.15, -0.1) is 0 Å². The van der Waals surface area contributed by atoms with Crippen LogP contribution in [0.3, 0.4) is 0 Å². The highest BCUT2D eigenvalue weighted by Crippen LogP contribution is 2.15. The average molecular weight is 258 g/mol. The maximum Gasteiger partial charge on any atom is 0.254 e. The van der Waals surface area contributed by atoms with Gasteiger partial charge in [0.1, 0.15) is 6.17 Å². The smallest absolute Gasteiger partial charge is 0.254 e. The van der Waals surface area contributed by atoms with Crippen LogP contribution in [0.2, 0.25) is 0 Å². The summed E-state index contributed by atoms with van der Waals surface area (Å²) < 4.78 is 1.91. The maximum absolute atomic E-state index is 12.1. The molecule has 0 aromatic carbocycles. The number of imidazole rings is 1. The summed E-state index contributed by atoms with van der Waals surface area (Å²) in [5, 5.41) is 3.01. The van der Waals surface area contributed by atoms with Gasteiger partial charge in [-0.25, -0.2) is 4.98 Å². The van der Waals surface area contributed by atoms with E-state index in [-0.39, 0.29) is 12.1 Å². The van der Waals surface area contributed by atoms with Crippen molar-refractivity contribution in [1.29, 1.82) is 0 Å². The molecule has 2 aromatic rings. The van der Waals surface area contributed by atoms with E-state index in [0.717, 1.165) is 6.42 Å². The number of aromatic nitrogens is 3. The van der Waals surface area contributed by atoms with E-state index in [9.17, 15) is 4.79 Å². The van der Waals surface area contributed by atoms with Crippen LogP contribution in [0.4, 0.5) is 0 Å². The molecular weight excluding hydrogens is 240 g/mol. The molecule has 2 aromatic heterocycles. The summed E-state index contributed by atoms with van der Waals surface area (Å²) in [6.07, 6.45) is 9.27. The first-order valence-corrected chi connectivity index (χ1v) is 6.35. The van der Waals surface area contributed by atoms with Crippen LogP contribution in [-0.4, -0.2) is 20.4 Å². The van der Waals surface area contributed by atoms with E-state index in [1.165, 1.54) is 0 Å². The Morgan fingerprint density at radius 3 is 2.79 bits per heavy atom. The van der Waals surface area contributed by atoms with Crippen LogP contribution in [0.1, 0.15) is 36.8 Å². The largest absolute Gasteiger partial charge is 0.331 e. The second kappa shape index (κ2) is 6.13. The van der Waals surface area contributed by atoms with Gasteiger partial charge in [0.05, 0.1) is 11.9 Å². The molecule has 0 spiro atoms. The fourth-order valence-corrected chi connectivity index (χ4v) is 1.89. The number of nitrogens with one attached hydrogen (secondary N) is 1. The van der Waals surface area contributed by atoms with Crippen molar-refractivity contribution >= 4 is 5.91 Å². The van der Waals surface area contributed by atoms with Crippen LogP contribution in [0.25, 0.3) is 0 Å². The molecule has 0 aliphatic rings. The van der Waals surface area contributed by atoms with Gasteiger partial charge in [0.25, 0.3) is 5.91 Å². The molecule has 1 unspecified atom stereocenters. The van der Waals surface area contributed by atoms with Gasteiger partial charge in [-0.1, -0.05) is 13.8 Å². The van der Waals surface area contributed by atoms with Crippen molar-refractivity contribution in [3.63, 3.8) is 0 Å². The molecule has 100 valence electrons. The summed E-state index contributed by atoms with van der Waals surface area (Å²) in [4.78, 5) is 20.1. The molecule has 0 saturated heterocycles. The molecule has 0 radical (unpaired) electrons. The minimum absolute atomic E-state index is 0.0878. The van der Waals surface area contributed by atoms with E-state index in [0.29, 0.717) is 11.5 Å². The average Bonchev–Trinajstić information content (AvgIpc) is 2.92. The Kier molecular flexibility index (Phi) is 4.28. The third-order valence-corrected chi connectivity index (χ3v) is 2.80. The van der Waals surface area contributed by atoms with Gasteiger partial charge in [0.2, 0.25) is 0 Å². The second-order valence-corrected chi connectivity index (χ2v) is 4.87. The Balaban J connectivity index is 2.10. The molecule has 0 saturated carbocycles. The van der Waals surface area contributed by atoms with Crippen LogP contribution >= 0.6 is 0 Å². The quantitative estimate of drug-likeness (QED) is 0.894. The summed E-state index contributed by atoms with van der Waals surface area (Å²) in [5.41, 5.74) is 0.566. The first-order chi connectivity index (χ1) is 9.16. The third-order valence-electron chi connectivity index (χ3n) is 2.80. The molecule has 1 N–H and O–H groups in total. The first-order valence-electron chi connectivity index (χ1n) is 6.35. The number of hydrogen-bond donors (Lipinski definition) is 1. The Hall–Kier alpha value is -2.17. The van der Waals surface area contributed by atoms with Crippen LogP contribution in [0.15, 0.2) is 43.2 Å². The zero-order valence-corrected chi connectivity index (χ0v) is 11.2. The van der Waals surface area contributed by atoms with Crippen LogP contribution in [-0.2, 0) is 0 Å². The summed E-state index contributed by atoms with van der Waals surface area (Å²) >= 11 is 0. The molecule has 1 amide bonds. The molecule has 0 fully saturated rings. The van der Waals surface area contributed by atoms with Crippen molar-refractivity contribution in [2.45, 2.75) is 26.4 Å². The third kappa shape index (κ3) is 3.64. The lowest BCUT2D eigenvalue weighted by atomic mass is 10.1. The van der Waals surface area contributed by atoms with Crippen molar-refractivity contribution in [3.05, 3.63) is 48.8 Å². The predicted octanol–water partition coefficient (Wildman–Crippen LogP) is 2.25. The van der Waals surface area contributed by atoms with Gasteiger partial charge in [0, 0.05) is 24.8 Å². The Morgan fingerprint density at radius 2 is 2.21 bits per heavy atom. The van der Waals surface area contributed by atoms with E-state index in [1.54, 1.807) is 37.1 Å². The highest BCUT2D eigenvalue weighted by molar-refractivity contribution is 5.93. The fraction of sp³-hybridized carbons (Fsp3) is 0.357. The zero-order valence-electron chi connectivity index (χ0n) is 11.2. The molecule has 5 nitrogen and oxygen atoms in total. The number of hydrogen-bond acceptors (Lipinski definition) is 3. The SMILES string of the molecule is CC(C)CC(NC(=O)c1cccnc1)n1ccnc1. The van der Waals surface area contributed by atoms with Gasteiger partial charge in [-0.05, 0) is 24.5 Å². The van der Waals surface area contributed by atoms with E-state index < -0.39 is 0 Å². The number of carbonyl (C=O) groups is 1. The number of carbonyl (C=O) groups excluding carboxylic acids is 1. The monoisotopic (exact) mass is 258 g/mol. The Morgan fingerprint density at radius 1 is 1.37 bits per heavy atom. The van der Waals surface area contributed by atoms with Gasteiger partial charge < -0.3 is 9.88 Å².